The maximum atomic E-state index is 13.2. The zero-order valence-corrected chi connectivity index (χ0v) is 18.8. The summed E-state index contributed by atoms with van der Waals surface area (Å²) in [4.78, 5) is 14.8. The number of anilines is 1. The van der Waals surface area contributed by atoms with Crippen LogP contribution in [-0.4, -0.2) is 52.4 Å². The molecule has 1 saturated heterocycles. The molecule has 4 rings (SSSR count). The van der Waals surface area contributed by atoms with Crippen molar-refractivity contribution in [1.29, 1.82) is 0 Å². The van der Waals surface area contributed by atoms with Gasteiger partial charge in [0.25, 0.3) is 0 Å². The fourth-order valence-corrected chi connectivity index (χ4v) is 6.21. The third kappa shape index (κ3) is 5.16. The molecule has 0 saturated carbocycles. The molecule has 3 aromatic rings. The molecule has 1 atom stereocenters. The lowest BCUT2D eigenvalue weighted by molar-refractivity contribution is -0.116. The highest BCUT2D eigenvalue weighted by molar-refractivity contribution is 7.99. The number of nitrogens with zero attached hydrogens (tertiary/aromatic N) is 4. The molecule has 1 amide bonds. The van der Waals surface area contributed by atoms with Gasteiger partial charge in [-0.15, -0.1) is 10.2 Å². The Hall–Kier alpha value is -2.65. The van der Waals surface area contributed by atoms with Crippen molar-refractivity contribution < 1.29 is 13.2 Å². The summed E-state index contributed by atoms with van der Waals surface area (Å²) in [6.45, 7) is 0. The number of hydrogen-bond acceptors (Lipinski definition) is 6. The quantitative estimate of drug-likeness (QED) is 0.508. The maximum Gasteiger partial charge on any atom is 0.237 e. The average molecular weight is 457 g/mol. The highest BCUT2D eigenvalue weighted by Crippen LogP contribution is 2.26. The van der Waals surface area contributed by atoms with Gasteiger partial charge in [-0.1, -0.05) is 60.3 Å². The van der Waals surface area contributed by atoms with E-state index >= 15 is 0 Å². The van der Waals surface area contributed by atoms with Gasteiger partial charge in [0.2, 0.25) is 5.91 Å². The molecule has 2 aromatic carbocycles. The van der Waals surface area contributed by atoms with E-state index in [2.05, 4.69) is 10.2 Å². The number of thioether (sulfide) groups is 1. The van der Waals surface area contributed by atoms with Crippen LogP contribution in [0.1, 0.15) is 17.8 Å². The first-order valence-corrected chi connectivity index (χ1v) is 12.9. The second-order valence-corrected chi connectivity index (χ2v) is 10.7. The summed E-state index contributed by atoms with van der Waals surface area (Å²) < 4.78 is 25.9. The largest absolute Gasteiger partial charge is 0.309 e. The van der Waals surface area contributed by atoms with Crippen molar-refractivity contribution in [3.05, 3.63) is 72.1 Å². The van der Waals surface area contributed by atoms with E-state index in [1.54, 1.807) is 4.90 Å². The summed E-state index contributed by atoms with van der Waals surface area (Å²) in [5, 5.41) is 9.18. The molecule has 0 radical (unpaired) electrons. The van der Waals surface area contributed by atoms with E-state index in [1.807, 2.05) is 72.3 Å². The van der Waals surface area contributed by atoms with Crippen molar-refractivity contribution in [2.24, 2.45) is 7.05 Å². The van der Waals surface area contributed by atoms with E-state index < -0.39 is 9.84 Å². The highest BCUT2D eigenvalue weighted by Gasteiger charge is 2.35. The van der Waals surface area contributed by atoms with E-state index in [1.165, 1.54) is 11.8 Å². The zero-order chi connectivity index (χ0) is 21.8. The normalized spacial score (nSPS) is 17.5. The van der Waals surface area contributed by atoms with Gasteiger partial charge in [-0.05, 0) is 24.1 Å². The molecule has 162 valence electrons. The second kappa shape index (κ2) is 9.23. The van der Waals surface area contributed by atoms with Gasteiger partial charge in [0.15, 0.2) is 15.0 Å². The molecule has 0 N–H and O–H groups in total. The minimum absolute atomic E-state index is 0.00346. The third-order valence-corrected chi connectivity index (χ3v) is 8.09. The first-order chi connectivity index (χ1) is 14.9. The van der Waals surface area contributed by atoms with Crippen LogP contribution < -0.4 is 4.90 Å². The molecule has 7 nitrogen and oxygen atoms in total. The van der Waals surface area contributed by atoms with Gasteiger partial charge in [-0.25, -0.2) is 8.42 Å². The number of hydrogen-bond donors (Lipinski definition) is 0. The van der Waals surface area contributed by atoms with E-state index in [4.69, 9.17) is 0 Å². The molecule has 31 heavy (non-hydrogen) atoms. The van der Waals surface area contributed by atoms with E-state index in [9.17, 15) is 13.2 Å². The Kier molecular flexibility index (Phi) is 6.43. The topological polar surface area (TPSA) is 85.2 Å². The number of sulfone groups is 1. The average Bonchev–Trinajstić information content (AvgIpc) is 3.30. The Morgan fingerprint density at radius 2 is 1.77 bits per heavy atom. The van der Waals surface area contributed by atoms with Crippen molar-refractivity contribution >= 4 is 33.2 Å². The van der Waals surface area contributed by atoms with Crippen LogP contribution in [0.3, 0.4) is 0 Å². The minimum Gasteiger partial charge on any atom is -0.309 e. The second-order valence-electron chi connectivity index (χ2n) is 7.57. The Labute approximate surface area is 186 Å². The van der Waals surface area contributed by atoms with E-state index in [0.29, 0.717) is 18.0 Å². The monoisotopic (exact) mass is 456 g/mol. The number of carbonyl (C=O) groups is 1. The smallest absolute Gasteiger partial charge is 0.237 e. The molecule has 1 fully saturated rings. The zero-order valence-electron chi connectivity index (χ0n) is 17.2. The summed E-state index contributed by atoms with van der Waals surface area (Å²) in [6, 6.07) is 19.0. The summed E-state index contributed by atoms with van der Waals surface area (Å²) in [6.07, 6.45) is 1.12. The van der Waals surface area contributed by atoms with E-state index in [0.717, 1.165) is 17.1 Å². The number of carbonyl (C=O) groups excluding carboxylic acids is 1. The predicted molar refractivity (Wildman–Crippen MR) is 122 cm³/mol. The molecule has 0 unspecified atom stereocenters. The Morgan fingerprint density at radius 1 is 1.10 bits per heavy atom. The minimum atomic E-state index is -3.11. The van der Waals surface area contributed by atoms with Crippen LogP contribution in [0.15, 0.2) is 65.8 Å². The molecule has 0 bridgehead atoms. The Balaban J connectivity index is 1.47. The van der Waals surface area contributed by atoms with Crippen molar-refractivity contribution in [1.82, 2.24) is 14.8 Å². The summed E-state index contributed by atoms with van der Waals surface area (Å²) in [5.74, 6) is 0.966. The standard InChI is InChI=1S/C22H24N4O3S2/c1-25-20(14-17-8-4-2-5-9-17)23-24-22(25)30-15-21(27)26(18-10-6-3-7-11-18)19-12-13-31(28,29)16-19/h2-11,19H,12-16H2,1H3/t19-/m1/s1. The molecule has 9 heteroatoms. The lowest BCUT2D eigenvalue weighted by Gasteiger charge is -2.28. The molecular weight excluding hydrogens is 432 g/mol. The van der Waals surface area contributed by atoms with Crippen molar-refractivity contribution in [2.75, 3.05) is 22.2 Å². The fourth-order valence-electron chi connectivity index (χ4n) is 3.73. The van der Waals surface area contributed by atoms with Gasteiger partial charge in [0, 0.05) is 19.2 Å². The lowest BCUT2D eigenvalue weighted by atomic mass is 10.1. The highest BCUT2D eigenvalue weighted by atomic mass is 32.2. The van der Waals surface area contributed by atoms with E-state index in [-0.39, 0.29) is 29.2 Å². The first kappa shape index (κ1) is 21.6. The van der Waals surface area contributed by atoms with Crippen LogP contribution >= 0.6 is 11.8 Å². The number of amides is 1. The van der Waals surface area contributed by atoms with Crippen LogP contribution in [-0.2, 0) is 28.1 Å². The molecule has 2 heterocycles. The van der Waals surface area contributed by atoms with Crippen molar-refractivity contribution in [3.63, 3.8) is 0 Å². The van der Waals surface area contributed by atoms with Gasteiger partial charge >= 0.3 is 0 Å². The van der Waals surface area contributed by atoms with Gasteiger partial charge in [-0.2, -0.15) is 0 Å². The third-order valence-electron chi connectivity index (χ3n) is 5.33. The van der Waals surface area contributed by atoms with Crippen LogP contribution in [0.4, 0.5) is 5.69 Å². The summed E-state index contributed by atoms with van der Waals surface area (Å²) in [7, 11) is -1.22. The Morgan fingerprint density at radius 3 is 2.42 bits per heavy atom. The molecular formula is C22H24N4O3S2. The van der Waals surface area contributed by atoms with Crippen LogP contribution in [0.2, 0.25) is 0 Å². The Bertz CT molecular complexity index is 1150. The molecule has 1 aliphatic rings. The van der Waals surface area contributed by atoms with Gasteiger partial charge in [-0.3, -0.25) is 4.79 Å². The predicted octanol–water partition coefficient (Wildman–Crippen LogP) is 2.72. The van der Waals surface area contributed by atoms with Gasteiger partial charge < -0.3 is 9.47 Å². The maximum absolute atomic E-state index is 13.2. The number of para-hydroxylation sites is 1. The molecule has 0 aliphatic carbocycles. The van der Waals surface area contributed by atoms with Gasteiger partial charge in [0.05, 0.1) is 23.3 Å². The fraction of sp³-hybridized carbons (Fsp3) is 0.318. The van der Waals surface area contributed by atoms with Crippen molar-refractivity contribution in [3.8, 4) is 0 Å². The summed E-state index contributed by atoms with van der Waals surface area (Å²) >= 11 is 1.32. The number of benzene rings is 2. The van der Waals surface area contributed by atoms with Crippen LogP contribution in [0, 0.1) is 0 Å². The van der Waals surface area contributed by atoms with Crippen molar-refractivity contribution in [2.45, 2.75) is 24.0 Å². The number of rotatable bonds is 7. The number of aromatic nitrogens is 3. The molecule has 1 aliphatic heterocycles. The van der Waals surface area contributed by atoms with Crippen LogP contribution in [0.5, 0.6) is 0 Å². The molecule has 1 aromatic heterocycles. The molecule has 0 spiro atoms. The SMILES string of the molecule is Cn1c(Cc2ccccc2)nnc1SCC(=O)N(c1ccccc1)[C@@H]1CCS(=O)(=O)C1. The van der Waals surface area contributed by atoms with Gasteiger partial charge in [0.1, 0.15) is 5.82 Å². The summed E-state index contributed by atoms with van der Waals surface area (Å²) in [5.41, 5.74) is 1.86. The van der Waals surface area contributed by atoms with Crippen LogP contribution in [0.25, 0.3) is 0 Å². The first-order valence-electron chi connectivity index (χ1n) is 10.1. The lowest BCUT2D eigenvalue weighted by Crippen LogP contribution is -2.42.